The van der Waals surface area contributed by atoms with Crippen molar-refractivity contribution < 1.29 is 27.9 Å². The molecule has 1 aromatic rings. The van der Waals surface area contributed by atoms with E-state index in [0.717, 1.165) is 57.3 Å². The van der Waals surface area contributed by atoms with Crippen molar-refractivity contribution in [3.8, 4) is 0 Å². The number of ketones is 1. The topological polar surface area (TPSA) is 80.1 Å². The minimum Gasteiger partial charge on any atom is -0.481 e. The first-order valence-electron chi connectivity index (χ1n) is 10.9. The molecule has 30 heavy (non-hydrogen) atoms. The Balaban J connectivity index is 1.93. The van der Waals surface area contributed by atoms with Gasteiger partial charge in [-0.25, -0.2) is 9.97 Å². The van der Waals surface area contributed by atoms with Crippen molar-refractivity contribution in [2.24, 2.45) is 0 Å². The molecule has 1 heterocycles. The van der Waals surface area contributed by atoms with Crippen molar-refractivity contribution in [3.63, 3.8) is 0 Å². The zero-order valence-electron chi connectivity index (χ0n) is 17.6. The summed E-state index contributed by atoms with van der Waals surface area (Å²) in [5, 5.41) is 8.56. The Hall–Kier alpha value is -1.99. The lowest BCUT2D eigenvalue weighted by Gasteiger charge is -2.05. The minimum atomic E-state index is -4.56. The Morgan fingerprint density at radius 2 is 1.13 bits per heavy atom. The van der Waals surface area contributed by atoms with Gasteiger partial charge in [0, 0.05) is 31.7 Å². The quantitative estimate of drug-likeness (QED) is 0.300. The molecule has 0 saturated carbocycles. The Bertz CT molecular complexity index is 619. The van der Waals surface area contributed by atoms with Crippen LogP contribution in [0.5, 0.6) is 0 Å². The van der Waals surface area contributed by atoms with Crippen LogP contribution < -0.4 is 0 Å². The summed E-state index contributed by atoms with van der Waals surface area (Å²) in [4.78, 5) is 28.9. The third-order valence-electron chi connectivity index (χ3n) is 4.96. The molecule has 1 aromatic heterocycles. The number of carboxylic acid groups (broad SMARTS) is 1. The molecule has 1 rings (SSSR count). The molecule has 0 atom stereocenters. The van der Waals surface area contributed by atoms with Gasteiger partial charge in [0.15, 0.2) is 0 Å². The van der Waals surface area contributed by atoms with Crippen molar-refractivity contribution in [3.05, 3.63) is 23.8 Å². The van der Waals surface area contributed by atoms with Gasteiger partial charge in [-0.1, -0.05) is 64.2 Å². The second-order valence-corrected chi connectivity index (χ2v) is 7.76. The number of hydrogen-bond acceptors (Lipinski definition) is 4. The van der Waals surface area contributed by atoms with Crippen molar-refractivity contribution in [2.45, 2.75) is 102 Å². The number of carbonyl (C=O) groups excluding carboxylic acids is 1. The first kappa shape index (κ1) is 26.0. The maximum absolute atomic E-state index is 12.4. The van der Waals surface area contributed by atoms with Crippen LogP contribution in [0, 0.1) is 0 Å². The lowest BCUT2D eigenvalue weighted by molar-refractivity contribution is -0.145. The van der Waals surface area contributed by atoms with Crippen molar-refractivity contribution in [1.82, 2.24) is 9.97 Å². The van der Waals surface area contributed by atoms with E-state index in [-0.39, 0.29) is 18.6 Å². The molecule has 0 aromatic carbocycles. The lowest BCUT2D eigenvalue weighted by Crippen LogP contribution is -2.12. The van der Waals surface area contributed by atoms with Gasteiger partial charge in [-0.2, -0.15) is 13.2 Å². The van der Waals surface area contributed by atoms with E-state index in [1.54, 1.807) is 0 Å². The van der Waals surface area contributed by atoms with E-state index in [4.69, 9.17) is 5.11 Å². The van der Waals surface area contributed by atoms with Crippen LogP contribution >= 0.6 is 0 Å². The number of rotatable bonds is 17. The third kappa shape index (κ3) is 13.3. The van der Waals surface area contributed by atoms with Gasteiger partial charge in [0.1, 0.15) is 5.78 Å². The minimum absolute atomic E-state index is 0.00159. The zero-order chi connectivity index (χ0) is 22.2. The predicted molar refractivity (Wildman–Crippen MR) is 108 cm³/mol. The van der Waals surface area contributed by atoms with E-state index in [0.29, 0.717) is 12.0 Å². The highest BCUT2D eigenvalue weighted by Gasteiger charge is 2.34. The molecule has 0 amide bonds. The van der Waals surface area contributed by atoms with Crippen LogP contribution in [0.25, 0.3) is 0 Å². The van der Waals surface area contributed by atoms with E-state index in [1.165, 1.54) is 32.1 Å². The van der Waals surface area contributed by atoms with Crippen molar-refractivity contribution >= 4 is 11.8 Å². The molecule has 0 fully saturated rings. The van der Waals surface area contributed by atoms with Crippen LogP contribution in [-0.2, 0) is 22.2 Å². The summed E-state index contributed by atoms with van der Waals surface area (Å²) in [6.45, 7) is 0. The Labute approximate surface area is 176 Å². The lowest BCUT2D eigenvalue weighted by atomic mass is 10.0. The maximum Gasteiger partial charge on any atom is 0.451 e. The molecular weight excluding hydrogens is 397 g/mol. The van der Waals surface area contributed by atoms with Crippen LogP contribution in [0.4, 0.5) is 13.2 Å². The van der Waals surface area contributed by atoms with Gasteiger partial charge in [0.05, 0.1) is 0 Å². The average Bonchev–Trinajstić information content (AvgIpc) is 2.67. The number of carboxylic acids is 1. The predicted octanol–water partition coefficient (Wildman–Crippen LogP) is 6.15. The van der Waals surface area contributed by atoms with E-state index in [9.17, 15) is 22.8 Å². The monoisotopic (exact) mass is 430 g/mol. The highest BCUT2D eigenvalue weighted by atomic mass is 19.4. The number of hydrogen-bond donors (Lipinski definition) is 1. The molecule has 0 radical (unpaired) electrons. The summed E-state index contributed by atoms with van der Waals surface area (Å²) in [5.74, 6) is -1.90. The number of aliphatic carboxylic acids is 1. The Morgan fingerprint density at radius 1 is 0.733 bits per heavy atom. The molecule has 8 heteroatoms. The molecule has 0 aliphatic rings. The van der Waals surface area contributed by atoms with Crippen LogP contribution in [0.2, 0.25) is 0 Å². The summed E-state index contributed by atoms with van der Waals surface area (Å²) < 4.78 is 37.2. The van der Waals surface area contributed by atoms with Crippen molar-refractivity contribution in [2.75, 3.05) is 0 Å². The van der Waals surface area contributed by atoms with Gasteiger partial charge in [-0.05, 0) is 18.4 Å². The van der Waals surface area contributed by atoms with Crippen LogP contribution in [0.15, 0.2) is 12.4 Å². The first-order valence-corrected chi connectivity index (χ1v) is 10.9. The standard InChI is InChI=1S/C22H33F3N2O3/c23-22(24,25)21-26-16-18(17-27-21)15-19(28)13-11-9-7-5-3-1-2-4-6-8-10-12-14-20(29)30/h16-17H,1-15H2,(H,29,30). The summed E-state index contributed by atoms with van der Waals surface area (Å²) in [6.07, 6.45) is 11.3. The van der Waals surface area contributed by atoms with E-state index in [1.807, 2.05) is 0 Å². The number of carbonyl (C=O) groups is 2. The number of Topliss-reactive ketones (excluding diaryl/α,β-unsaturated/α-hetero) is 1. The first-order chi connectivity index (χ1) is 14.3. The summed E-state index contributed by atoms with van der Waals surface area (Å²) in [6, 6.07) is 0. The molecule has 170 valence electrons. The normalized spacial score (nSPS) is 11.6. The van der Waals surface area contributed by atoms with Gasteiger partial charge in [-0.15, -0.1) is 0 Å². The highest BCUT2D eigenvalue weighted by molar-refractivity contribution is 5.80. The summed E-state index contributed by atoms with van der Waals surface area (Å²) in [7, 11) is 0. The van der Waals surface area contributed by atoms with Gasteiger partial charge >= 0.3 is 12.1 Å². The Kier molecular flexibility index (Phi) is 12.9. The number of unbranched alkanes of at least 4 members (excludes halogenated alkanes) is 11. The SMILES string of the molecule is O=C(O)CCCCCCCCCCCCCCC(=O)Cc1cnc(C(F)(F)F)nc1. The third-order valence-corrected chi connectivity index (χ3v) is 4.96. The second-order valence-electron chi connectivity index (χ2n) is 7.76. The highest BCUT2D eigenvalue weighted by Crippen LogP contribution is 2.25. The van der Waals surface area contributed by atoms with E-state index >= 15 is 0 Å². The molecule has 0 aliphatic carbocycles. The number of halogens is 3. The summed E-state index contributed by atoms with van der Waals surface area (Å²) >= 11 is 0. The molecular formula is C22H33F3N2O3. The van der Waals surface area contributed by atoms with Crippen LogP contribution in [-0.4, -0.2) is 26.8 Å². The van der Waals surface area contributed by atoms with Gasteiger partial charge < -0.3 is 5.11 Å². The Morgan fingerprint density at radius 3 is 1.53 bits per heavy atom. The average molecular weight is 431 g/mol. The van der Waals surface area contributed by atoms with Gasteiger partial charge in [-0.3, -0.25) is 9.59 Å². The van der Waals surface area contributed by atoms with E-state index in [2.05, 4.69) is 9.97 Å². The smallest absolute Gasteiger partial charge is 0.451 e. The fourth-order valence-corrected chi connectivity index (χ4v) is 3.27. The van der Waals surface area contributed by atoms with Crippen LogP contribution in [0.1, 0.15) is 101 Å². The van der Waals surface area contributed by atoms with E-state index < -0.39 is 18.0 Å². The second kappa shape index (κ2) is 14.9. The zero-order valence-corrected chi connectivity index (χ0v) is 17.6. The molecule has 0 aliphatic heterocycles. The fraction of sp³-hybridized carbons (Fsp3) is 0.727. The number of nitrogens with zero attached hydrogens (tertiary/aromatic N) is 2. The molecule has 0 spiro atoms. The maximum atomic E-state index is 12.4. The number of alkyl halides is 3. The molecule has 5 nitrogen and oxygen atoms in total. The van der Waals surface area contributed by atoms with Crippen LogP contribution in [0.3, 0.4) is 0 Å². The largest absolute Gasteiger partial charge is 0.481 e. The molecule has 0 bridgehead atoms. The van der Waals surface area contributed by atoms with Crippen molar-refractivity contribution in [1.29, 1.82) is 0 Å². The van der Waals surface area contributed by atoms with Gasteiger partial charge in [0.2, 0.25) is 5.82 Å². The summed E-state index contributed by atoms with van der Waals surface area (Å²) in [5.41, 5.74) is 0.412. The molecule has 1 N–H and O–H groups in total. The molecule has 0 saturated heterocycles. The molecule has 0 unspecified atom stereocenters. The van der Waals surface area contributed by atoms with Gasteiger partial charge in [0.25, 0.3) is 0 Å². The fourth-order valence-electron chi connectivity index (χ4n) is 3.27. The number of aromatic nitrogens is 2.